The molecule has 1 unspecified atom stereocenters. The molecule has 0 N–H and O–H groups in total. The average Bonchev–Trinajstić information content (AvgIpc) is 2.16. The second-order valence-electron chi connectivity index (χ2n) is 4.06. The Labute approximate surface area is 96.3 Å². The van der Waals surface area contributed by atoms with Crippen molar-refractivity contribution in [1.82, 2.24) is 0 Å². The van der Waals surface area contributed by atoms with E-state index in [0.717, 1.165) is 11.1 Å². The van der Waals surface area contributed by atoms with Crippen LogP contribution in [0.3, 0.4) is 0 Å². The van der Waals surface area contributed by atoms with E-state index in [9.17, 15) is 9.36 Å². The molecule has 0 fully saturated rings. The zero-order valence-corrected chi connectivity index (χ0v) is 10.8. The summed E-state index contributed by atoms with van der Waals surface area (Å²) in [6.45, 7) is 3.47. The molecule has 0 radical (unpaired) electrons. The molecule has 0 aromatic heterocycles. The van der Waals surface area contributed by atoms with Gasteiger partial charge in [0.25, 0.3) is 0 Å². The third-order valence-corrected chi connectivity index (χ3v) is 4.03. The quantitative estimate of drug-likeness (QED) is 0.743. The lowest BCUT2D eigenvalue weighted by molar-refractivity contribution is -0.116. The highest BCUT2D eigenvalue weighted by atomic mass is 31.2. The fraction of sp³-hybridized carbons (Fsp3) is 0.417. The zero-order valence-electron chi connectivity index (χ0n) is 9.90. The molecule has 1 aromatic rings. The van der Waals surface area contributed by atoms with Crippen LogP contribution in [0.15, 0.2) is 24.3 Å². The van der Waals surface area contributed by atoms with Crippen molar-refractivity contribution in [2.75, 3.05) is 19.9 Å². The van der Waals surface area contributed by atoms with Crippen molar-refractivity contribution in [1.29, 1.82) is 0 Å². The Bertz CT molecular complexity index is 426. The maximum atomic E-state index is 11.6. The zero-order chi connectivity index (χ0) is 12.2. The lowest BCUT2D eigenvalue weighted by Crippen LogP contribution is -2.09. The SMILES string of the molecule is COP(C)(=O)CC(=O)Cc1cccc(C)c1. The van der Waals surface area contributed by atoms with Crippen molar-refractivity contribution in [2.45, 2.75) is 13.3 Å². The second kappa shape index (κ2) is 5.42. The van der Waals surface area contributed by atoms with E-state index in [-0.39, 0.29) is 11.9 Å². The standard InChI is InChI=1S/C12H17O3P/c1-10-5-4-6-11(7-10)8-12(13)9-16(3,14)15-2/h4-7H,8-9H2,1-3H3. The summed E-state index contributed by atoms with van der Waals surface area (Å²) in [6, 6.07) is 7.76. The molecular formula is C12H17O3P. The minimum Gasteiger partial charge on any atom is -0.332 e. The third-order valence-electron chi connectivity index (χ3n) is 2.33. The van der Waals surface area contributed by atoms with Gasteiger partial charge in [0.15, 0.2) is 0 Å². The van der Waals surface area contributed by atoms with Crippen molar-refractivity contribution >= 4 is 13.2 Å². The highest BCUT2D eigenvalue weighted by molar-refractivity contribution is 7.59. The molecule has 0 spiro atoms. The summed E-state index contributed by atoms with van der Waals surface area (Å²) in [5, 5.41) is 0. The van der Waals surface area contributed by atoms with Crippen molar-refractivity contribution in [2.24, 2.45) is 0 Å². The highest BCUT2D eigenvalue weighted by Gasteiger charge is 2.19. The number of ketones is 1. The van der Waals surface area contributed by atoms with Gasteiger partial charge in [0.05, 0.1) is 6.16 Å². The first kappa shape index (κ1) is 13.1. The van der Waals surface area contributed by atoms with E-state index in [1.165, 1.54) is 13.8 Å². The van der Waals surface area contributed by atoms with Crippen molar-refractivity contribution in [3.8, 4) is 0 Å². The molecule has 0 aliphatic carbocycles. The van der Waals surface area contributed by atoms with Crippen LogP contribution in [0.25, 0.3) is 0 Å². The average molecular weight is 240 g/mol. The van der Waals surface area contributed by atoms with Gasteiger partial charge in [-0.2, -0.15) is 0 Å². The molecule has 0 bridgehead atoms. The topological polar surface area (TPSA) is 43.4 Å². The molecule has 4 heteroatoms. The van der Waals surface area contributed by atoms with Gasteiger partial charge in [-0.05, 0) is 12.5 Å². The maximum Gasteiger partial charge on any atom is 0.207 e. The van der Waals surface area contributed by atoms with Crippen LogP contribution < -0.4 is 0 Å². The summed E-state index contributed by atoms with van der Waals surface area (Å²) in [5.41, 5.74) is 2.08. The van der Waals surface area contributed by atoms with Gasteiger partial charge in [0.1, 0.15) is 5.78 Å². The summed E-state index contributed by atoms with van der Waals surface area (Å²) >= 11 is 0. The number of hydrogen-bond donors (Lipinski definition) is 0. The van der Waals surface area contributed by atoms with Crippen LogP contribution in [0.4, 0.5) is 0 Å². The molecule has 3 nitrogen and oxygen atoms in total. The number of hydrogen-bond acceptors (Lipinski definition) is 3. The molecule has 0 saturated carbocycles. The molecular weight excluding hydrogens is 223 g/mol. The van der Waals surface area contributed by atoms with Gasteiger partial charge >= 0.3 is 0 Å². The molecule has 0 aliphatic heterocycles. The van der Waals surface area contributed by atoms with Gasteiger partial charge in [-0.3, -0.25) is 9.36 Å². The first-order chi connectivity index (χ1) is 7.43. The summed E-state index contributed by atoms with van der Waals surface area (Å²) < 4.78 is 16.4. The molecule has 0 heterocycles. The first-order valence-electron chi connectivity index (χ1n) is 5.12. The molecule has 1 atom stereocenters. The summed E-state index contributed by atoms with van der Waals surface area (Å²) in [5.74, 6) is -0.0433. The number of carbonyl (C=O) groups excluding carboxylic acids is 1. The number of carbonyl (C=O) groups is 1. The van der Waals surface area contributed by atoms with Gasteiger partial charge in [-0.15, -0.1) is 0 Å². The predicted octanol–water partition coefficient (Wildman–Crippen LogP) is 2.66. The number of aryl methyl sites for hydroxylation is 1. The molecule has 1 aromatic carbocycles. The minimum absolute atomic E-state index is 0.0114. The van der Waals surface area contributed by atoms with E-state index in [4.69, 9.17) is 4.52 Å². The van der Waals surface area contributed by atoms with Crippen LogP contribution >= 0.6 is 7.37 Å². The van der Waals surface area contributed by atoms with E-state index < -0.39 is 7.37 Å². The highest BCUT2D eigenvalue weighted by Crippen LogP contribution is 2.41. The predicted molar refractivity (Wildman–Crippen MR) is 65.3 cm³/mol. The van der Waals surface area contributed by atoms with E-state index >= 15 is 0 Å². The lowest BCUT2D eigenvalue weighted by Gasteiger charge is -2.09. The Balaban J connectivity index is 2.62. The van der Waals surface area contributed by atoms with Crippen LogP contribution in [0.5, 0.6) is 0 Å². The first-order valence-corrected chi connectivity index (χ1v) is 7.38. The van der Waals surface area contributed by atoms with Crippen LogP contribution in [-0.2, 0) is 20.3 Å². The van der Waals surface area contributed by atoms with E-state index in [0.29, 0.717) is 6.42 Å². The molecule has 0 aliphatic rings. The van der Waals surface area contributed by atoms with Gasteiger partial charge in [0, 0.05) is 20.2 Å². The molecule has 1 rings (SSSR count). The number of rotatable bonds is 5. The van der Waals surface area contributed by atoms with Crippen molar-refractivity contribution < 1.29 is 13.9 Å². The van der Waals surface area contributed by atoms with Crippen LogP contribution in [0.1, 0.15) is 11.1 Å². The monoisotopic (exact) mass is 240 g/mol. The number of Topliss-reactive ketones (excluding diaryl/α,β-unsaturated/α-hetero) is 1. The molecule has 0 saturated heterocycles. The van der Waals surface area contributed by atoms with Gasteiger partial charge in [0.2, 0.25) is 7.37 Å². The van der Waals surface area contributed by atoms with E-state index in [1.807, 2.05) is 31.2 Å². The Hall–Kier alpha value is -0.920. The Morgan fingerprint density at radius 1 is 1.44 bits per heavy atom. The third kappa shape index (κ3) is 4.30. The van der Waals surface area contributed by atoms with Crippen LogP contribution in [0.2, 0.25) is 0 Å². The van der Waals surface area contributed by atoms with E-state index in [2.05, 4.69) is 0 Å². The summed E-state index contributed by atoms with van der Waals surface area (Å²) in [7, 11) is -1.35. The largest absolute Gasteiger partial charge is 0.332 e. The van der Waals surface area contributed by atoms with Crippen LogP contribution in [0, 0.1) is 6.92 Å². The van der Waals surface area contributed by atoms with E-state index in [1.54, 1.807) is 0 Å². The molecule has 88 valence electrons. The normalized spacial score (nSPS) is 14.4. The minimum atomic E-state index is -2.73. The smallest absolute Gasteiger partial charge is 0.207 e. The Morgan fingerprint density at radius 3 is 2.69 bits per heavy atom. The summed E-state index contributed by atoms with van der Waals surface area (Å²) in [4.78, 5) is 11.6. The number of benzene rings is 1. The second-order valence-corrected chi connectivity index (χ2v) is 6.77. The maximum absolute atomic E-state index is 11.6. The summed E-state index contributed by atoms with van der Waals surface area (Å²) in [6.07, 6.45) is 0.334. The fourth-order valence-electron chi connectivity index (χ4n) is 1.49. The molecule has 16 heavy (non-hydrogen) atoms. The lowest BCUT2D eigenvalue weighted by atomic mass is 10.1. The van der Waals surface area contributed by atoms with Crippen LogP contribution in [-0.4, -0.2) is 25.7 Å². The van der Waals surface area contributed by atoms with Gasteiger partial charge in [-0.25, -0.2) is 0 Å². The van der Waals surface area contributed by atoms with Crippen molar-refractivity contribution in [3.63, 3.8) is 0 Å². The molecule has 0 amide bonds. The van der Waals surface area contributed by atoms with Gasteiger partial charge < -0.3 is 4.52 Å². The fourth-order valence-corrected chi connectivity index (χ4v) is 2.37. The Morgan fingerprint density at radius 2 is 2.12 bits per heavy atom. The Kier molecular flexibility index (Phi) is 4.45. The van der Waals surface area contributed by atoms with Gasteiger partial charge in [-0.1, -0.05) is 29.8 Å². The van der Waals surface area contributed by atoms with Crippen molar-refractivity contribution in [3.05, 3.63) is 35.4 Å².